The Bertz CT molecular complexity index is 523. The highest BCUT2D eigenvalue weighted by Crippen LogP contribution is 2.22. The minimum atomic E-state index is 0.0544. The lowest BCUT2D eigenvalue weighted by molar-refractivity contribution is 0.281. The molecule has 0 fully saturated rings. The van der Waals surface area contributed by atoms with Gasteiger partial charge in [0, 0.05) is 6.54 Å². The molecule has 0 saturated carbocycles. The third kappa shape index (κ3) is 4.37. The Morgan fingerprint density at radius 3 is 2.50 bits per heavy atom. The molecule has 0 saturated heterocycles. The van der Waals surface area contributed by atoms with Gasteiger partial charge in [0.05, 0.1) is 6.61 Å². The van der Waals surface area contributed by atoms with Gasteiger partial charge in [0.15, 0.2) is 0 Å². The normalized spacial score (nSPS) is 10.5. The van der Waals surface area contributed by atoms with Crippen LogP contribution in [0.15, 0.2) is 48.5 Å². The van der Waals surface area contributed by atoms with Gasteiger partial charge in [0.25, 0.3) is 0 Å². The second-order valence-electron chi connectivity index (χ2n) is 4.73. The van der Waals surface area contributed by atoms with Gasteiger partial charge >= 0.3 is 0 Å². The van der Waals surface area contributed by atoms with E-state index in [2.05, 4.69) is 18.3 Å². The number of benzene rings is 2. The topological polar surface area (TPSA) is 41.5 Å². The monoisotopic (exact) mass is 271 g/mol. The molecule has 2 N–H and O–H groups in total. The Balaban J connectivity index is 1.99. The summed E-state index contributed by atoms with van der Waals surface area (Å²) >= 11 is 0. The molecule has 3 heteroatoms. The Morgan fingerprint density at radius 1 is 1.00 bits per heavy atom. The summed E-state index contributed by atoms with van der Waals surface area (Å²) < 4.78 is 5.82. The summed E-state index contributed by atoms with van der Waals surface area (Å²) in [7, 11) is 0. The van der Waals surface area contributed by atoms with Gasteiger partial charge < -0.3 is 15.2 Å². The molecule has 0 bridgehead atoms. The molecule has 0 aliphatic heterocycles. The summed E-state index contributed by atoms with van der Waals surface area (Å²) in [4.78, 5) is 0. The minimum Gasteiger partial charge on any atom is -0.457 e. The van der Waals surface area contributed by atoms with Crippen LogP contribution in [0.25, 0.3) is 0 Å². The lowest BCUT2D eigenvalue weighted by atomic mass is 10.2. The summed E-state index contributed by atoms with van der Waals surface area (Å²) in [6.45, 7) is 4.09. The maximum absolute atomic E-state index is 9.01. The Kier molecular flexibility index (Phi) is 5.59. The lowest BCUT2D eigenvalue weighted by Gasteiger charge is -2.09. The summed E-state index contributed by atoms with van der Waals surface area (Å²) in [6.07, 6.45) is 1.13. The molecule has 0 unspecified atom stereocenters. The maximum atomic E-state index is 9.01. The van der Waals surface area contributed by atoms with Crippen molar-refractivity contribution in [1.82, 2.24) is 5.32 Å². The van der Waals surface area contributed by atoms with E-state index in [4.69, 9.17) is 9.84 Å². The predicted octanol–water partition coefficient (Wildman–Crippen LogP) is 3.47. The van der Waals surface area contributed by atoms with Gasteiger partial charge in [-0.1, -0.05) is 31.2 Å². The number of aliphatic hydroxyl groups is 1. The molecule has 106 valence electrons. The first kappa shape index (κ1) is 14.6. The zero-order valence-electron chi connectivity index (χ0n) is 11.8. The van der Waals surface area contributed by atoms with Gasteiger partial charge in [-0.3, -0.25) is 0 Å². The van der Waals surface area contributed by atoms with E-state index >= 15 is 0 Å². The van der Waals surface area contributed by atoms with E-state index in [-0.39, 0.29) is 6.61 Å². The van der Waals surface area contributed by atoms with E-state index < -0.39 is 0 Å². The molecule has 0 atom stereocenters. The fourth-order valence-corrected chi connectivity index (χ4v) is 1.93. The van der Waals surface area contributed by atoms with Crippen molar-refractivity contribution < 1.29 is 9.84 Å². The van der Waals surface area contributed by atoms with Crippen LogP contribution >= 0.6 is 0 Å². The van der Waals surface area contributed by atoms with E-state index in [0.29, 0.717) is 0 Å². The lowest BCUT2D eigenvalue weighted by Crippen LogP contribution is -2.13. The van der Waals surface area contributed by atoms with Crippen LogP contribution in [0.1, 0.15) is 24.5 Å². The van der Waals surface area contributed by atoms with Crippen LogP contribution in [0, 0.1) is 0 Å². The predicted molar refractivity (Wildman–Crippen MR) is 80.9 cm³/mol. The van der Waals surface area contributed by atoms with Gasteiger partial charge in [0.2, 0.25) is 0 Å². The standard InChI is InChI=1S/C17H21NO2/c1-2-10-18-12-15-4-3-5-17(11-15)20-16-8-6-14(13-19)7-9-16/h3-9,11,18-19H,2,10,12-13H2,1H3. The second kappa shape index (κ2) is 7.68. The van der Waals surface area contributed by atoms with Crippen molar-refractivity contribution in [2.45, 2.75) is 26.5 Å². The molecular formula is C17H21NO2. The molecule has 0 aromatic heterocycles. The molecule has 0 radical (unpaired) electrons. The van der Waals surface area contributed by atoms with E-state index in [9.17, 15) is 0 Å². The van der Waals surface area contributed by atoms with Crippen molar-refractivity contribution in [3.63, 3.8) is 0 Å². The molecule has 2 aromatic carbocycles. The van der Waals surface area contributed by atoms with Crippen molar-refractivity contribution in [3.05, 3.63) is 59.7 Å². The van der Waals surface area contributed by atoms with Crippen molar-refractivity contribution >= 4 is 0 Å². The molecule has 0 spiro atoms. The first-order valence-corrected chi connectivity index (χ1v) is 6.99. The second-order valence-corrected chi connectivity index (χ2v) is 4.73. The largest absolute Gasteiger partial charge is 0.457 e. The maximum Gasteiger partial charge on any atom is 0.127 e. The van der Waals surface area contributed by atoms with E-state index in [1.54, 1.807) is 0 Å². The van der Waals surface area contributed by atoms with Gasteiger partial charge in [0.1, 0.15) is 11.5 Å². The molecule has 2 aromatic rings. The summed E-state index contributed by atoms with van der Waals surface area (Å²) in [5.41, 5.74) is 2.10. The number of hydrogen-bond donors (Lipinski definition) is 2. The summed E-state index contributed by atoms with van der Waals surface area (Å²) in [5, 5.41) is 12.4. The highest BCUT2D eigenvalue weighted by atomic mass is 16.5. The van der Waals surface area contributed by atoms with Crippen LogP contribution in [0.5, 0.6) is 11.5 Å². The Labute approximate surface area is 120 Å². The van der Waals surface area contributed by atoms with Crippen LogP contribution in [0.4, 0.5) is 0 Å². The summed E-state index contributed by atoms with van der Waals surface area (Å²) in [6, 6.07) is 15.5. The third-order valence-electron chi connectivity index (χ3n) is 3.00. The van der Waals surface area contributed by atoms with Crippen LogP contribution in [-0.4, -0.2) is 11.7 Å². The zero-order valence-corrected chi connectivity index (χ0v) is 11.8. The average molecular weight is 271 g/mol. The van der Waals surface area contributed by atoms with Gasteiger partial charge in [-0.15, -0.1) is 0 Å². The van der Waals surface area contributed by atoms with E-state index in [0.717, 1.165) is 36.6 Å². The highest BCUT2D eigenvalue weighted by Gasteiger charge is 1.99. The van der Waals surface area contributed by atoms with E-state index in [1.807, 2.05) is 42.5 Å². The van der Waals surface area contributed by atoms with Gasteiger partial charge in [-0.25, -0.2) is 0 Å². The average Bonchev–Trinajstić information content (AvgIpc) is 2.49. The van der Waals surface area contributed by atoms with Crippen molar-refractivity contribution in [2.24, 2.45) is 0 Å². The van der Waals surface area contributed by atoms with Gasteiger partial charge in [-0.2, -0.15) is 0 Å². The van der Waals surface area contributed by atoms with Crippen molar-refractivity contribution in [2.75, 3.05) is 6.54 Å². The Hall–Kier alpha value is -1.84. The summed E-state index contributed by atoms with van der Waals surface area (Å²) in [5.74, 6) is 1.61. The number of rotatable bonds is 7. The first-order valence-electron chi connectivity index (χ1n) is 6.99. The van der Waals surface area contributed by atoms with Crippen LogP contribution in [0.2, 0.25) is 0 Å². The number of hydrogen-bond acceptors (Lipinski definition) is 3. The first-order chi connectivity index (χ1) is 9.81. The zero-order chi connectivity index (χ0) is 14.2. The third-order valence-corrected chi connectivity index (χ3v) is 3.00. The van der Waals surface area contributed by atoms with Crippen LogP contribution < -0.4 is 10.1 Å². The van der Waals surface area contributed by atoms with Crippen molar-refractivity contribution in [3.8, 4) is 11.5 Å². The van der Waals surface area contributed by atoms with Crippen LogP contribution in [0.3, 0.4) is 0 Å². The molecule has 0 aliphatic rings. The molecular weight excluding hydrogens is 250 g/mol. The molecule has 0 heterocycles. The molecule has 0 amide bonds. The molecule has 3 nitrogen and oxygen atoms in total. The fraction of sp³-hybridized carbons (Fsp3) is 0.294. The molecule has 2 rings (SSSR count). The van der Waals surface area contributed by atoms with Crippen LogP contribution in [-0.2, 0) is 13.2 Å². The SMILES string of the molecule is CCCNCc1cccc(Oc2ccc(CO)cc2)c1. The quantitative estimate of drug-likeness (QED) is 0.758. The molecule has 0 aliphatic carbocycles. The van der Waals surface area contributed by atoms with Gasteiger partial charge in [-0.05, 0) is 48.4 Å². The van der Waals surface area contributed by atoms with E-state index in [1.165, 1.54) is 5.56 Å². The smallest absolute Gasteiger partial charge is 0.127 e. The number of nitrogens with one attached hydrogen (secondary N) is 1. The Morgan fingerprint density at radius 2 is 1.80 bits per heavy atom. The highest BCUT2D eigenvalue weighted by molar-refractivity contribution is 5.35. The van der Waals surface area contributed by atoms with Crippen molar-refractivity contribution in [1.29, 1.82) is 0 Å². The number of ether oxygens (including phenoxy) is 1. The molecule has 20 heavy (non-hydrogen) atoms. The number of aliphatic hydroxyl groups excluding tert-OH is 1. The minimum absolute atomic E-state index is 0.0544. The fourth-order valence-electron chi connectivity index (χ4n) is 1.93.